The first kappa shape index (κ1) is 28.4. The number of benzene rings is 3. The van der Waals surface area contributed by atoms with Gasteiger partial charge in [0.1, 0.15) is 23.9 Å². The summed E-state index contributed by atoms with van der Waals surface area (Å²) in [4.78, 5) is 26.5. The first-order valence-corrected chi connectivity index (χ1v) is 13.6. The lowest BCUT2D eigenvalue weighted by Gasteiger charge is -2.29. The Kier molecular flexibility index (Phi) is 7.62. The van der Waals surface area contributed by atoms with Crippen LogP contribution in [0.15, 0.2) is 59.4 Å². The summed E-state index contributed by atoms with van der Waals surface area (Å²) >= 11 is 0. The Labute approximate surface area is 238 Å². The molecular weight excluding hydrogens is 525 g/mol. The molecule has 1 aromatic heterocycles. The molecule has 0 amide bonds. The highest BCUT2D eigenvalue weighted by atomic mass is 19.1. The molecule has 0 saturated carbocycles. The third-order valence-corrected chi connectivity index (χ3v) is 7.30. The smallest absolute Gasteiger partial charge is 0.339 e. The van der Waals surface area contributed by atoms with Gasteiger partial charge in [0.15, 0.2) is 6.10 Å². The molecule has 5 rings (SSSR count). The molecule has 1 aliphatic rings. The van der Waals surface area contributed by atoms with E-state index in [1.807, 2.05) is 19.1 Å². The fourth-order valence-corrected chi connectivity index (χ4v) is 5.44. The van der Waals surface area contributed by atoms with Crippen molar-refractivity contribution in [1.82, 2.24) is 4.57 Å². The molecule has 1 aliphatic heterocycles. The molecule has 2 heterocycles. The van der Waals surface area contributed by atoms with Crippen LogP contribution < -0.4 is 15.0 Å². The van der Waals surface area contributed by atoms with Crippen LogP contribution in [0.1, 0.15) is 55.7 Å². The van der Waals surface area contributed by atoms with Crippen LogP contribution in [-0.2, 0) is 29.6 Å². The normalized spacial score (nSPS) is 13.9. The highest BCUT2D eigenvalue weighted by Crippen LogP contribution is 2.42. The quantitative estimate of drug-likeness (QED) is 0.278. The van der Waals surface area contributed by atoms with E-state index in [0.717, 1.165) is 35.3 Å². The summed E-state index contributed by atoms with van der Waals surface area (Å²) in [6.07, 6.45) is 0.324. The molecule has 3 aromatic carbocycles. The van der Waals surface area contributed by atoms with Crippen LogP contribution in [0.25, 0.3) is 21.9 Å². The fourth-order valence-electron chi connectivity index (χ4n) is 5.44. The van der Waals surface area contributed by atoms with Gasteiger partial charge in [-0.1, -0.05) is 18.2 Å². The Morgan fingerprint density at radius 2 is 1.90 bits per heavy atom. The van der Waals surface area contributed by atoms with Gasteiger partial charge in [0.25, 0.3) is 5.56 Å². The van der Waals surface area contributed by atoms with Crippen LogP contribution >= 0.6 is 0 Å². The topological polar surface area (TPSA) is 87.0 Å². The Morgan fingerprint density at radius 3 is 2.61 bits per heavy atom. The molecule has 0 spiro atoms. The van der Waals surface area contributed by atoms with Gasteiger partial charge in [-0.2, -0.15) is 0 Å². The van der Waals surface area contributed by atoms with Gasteiger partial charge >= 0.3 is 5.97 Å². The number of aromatic nitrogens is 1. The highest BCUT2D eigenvalue weighted by molar-refractivity contribution is 6.00. The molecule has 0 aliphatic carbocycles. The molecule has 0 bridgehead atoms. The molecular formula is C33H34FNO6. The van der Waals surface area contributed by atoms with E-state index in [2.05, 4.69) is 0 Å². The number of ether oxygens (including phenoxy) is 3. The average Bonchev–Trinajstić information content (AvgIpc) is 2.93. The first-order chi connectivity index (χ1) is 19.4. The molecule has 1 N–H and O–H groups in total. The summed E-state index contributed by atoms with van der Waals surface area (Å²) in [6, 6.07) is 15.1. The first-order valence-electron chi connectivity index (χ1n) is 13.6. The molecule has 41 heavy (non-hydrogen) atoms. The minimum Gasteiger partial charge on any atom is -0.493 e. The summed E-state index contributed by atoms with van der Waals surface area (Å²) in [5.74, 6) is -0.285. The van der Waals surface area contributed by atoms with Crippen molar-refractivity contribution < 1.29 is 28.5 Å². The number of pyridine rings is 1. The molecule has 4 aromatic rings. The molecule has 7 nitrogen and oxygen atoms in total. The van der Waals surface area contributed by atoms with Crippen molar-refractivity contribution in [2.75, 3.05) is 6.61 Å². The minimum absolute atomic E-state index is 0.124. The second kappa shape index (κ2) is 11.0. The molecule has 8 heteroatoms. The van der Waals surface area contributed by atoms with Crippen molar-refractivity contribution in [3.63, 3.8) is 0 Å². The standard InChI is InChI=1S/C33H34FNO6/c1-19-23-10-7-15-39-27(23)14-13-24(19)28-25-12-11-22(40-18-20-8-6-9-21(34)16-20)17-26(25)31(36)35(5)29(28)30(32(37)38)41-33(2,3)4/h6,8-9,11-14,16-17,30H,7,10,15,18H2,1-5H3,(H,37,38). The van der Waals surface area contributed by atoms with Gasteiger partial charge in [-0.15, -0.1) is 0 Å². The van der Waals surface area contributed by atoms with E-state index in [0.29, 0.717) is 34.3 Å². The fraction of sp³-hybridized carbons (Fsp3) is 0.333. The van der Waals surface area contributed by atoms with E-state index < -0.39 is 17.7 Å². The molecule has 0 fully saturated rings. The largest absolute Gasteiger partial charge is 0.493 e. The molecule has 0 radical (unpaired) electrons. The van der Waals surface area contributed by atoms with E-state index in [-0.39, 0.29) is 23.7 Å². The number of carbonyl (C=O) groups is 1. The number of hydrogen-bond acceptors (Lipinski definition) is 5. The minimum atomic E-state index is -1.40. The van der Waals surface area contributed by atoms with Gasteiger partial charge in [-0.25, -0.2) is 9.18 Å². The summed E-state index contributed by atoms with van der Waals surface area (Å²) in [5, 5.41) is 11.3. The van der Waals surface area contributed by atoms with Crippen LogP contribution in [0, 0.1) is 12.7 Å². The lowest BCUT2D eigenvalue weighted by Crippen LogP contribution is -2.33. The van der Waals surface area contributed by atoms with Crippen LogP contribution in [0.2, 0.25) is 0 Å². The molecule has 1 atom stereocenters. The number of aliphatic carboxylic acids is 1. The van der Waals surface area contributed by atoms with Gasteiger partial charge < -0.3 is 23.9 Å². The van der Waals surface area contributed by atoms with Crippen molar-refractivity contribution >= 4 is 16.7 Å². The second-order valence-corrected chi connectivity index (χ2v) is 11.4. The maximum absolute atomic E-state index is 13.8. The van der Waals surface area contributed by atoms with Crippen LogP contribution in [-0.4, -0.2) is 27.9 Å². The highest BCUT2D eigenvalue weighted by Gasteiger charge is 2.34. The van der Waals surface area contributed by atoms with Gasteiger partial charge in [-0.05, 0) is 105 Å². The average molecular weight is 560 g/mol. The third-order valence-electron chi connectivity index (χ3n) is 7.30. The Morgan fingerprint density at radius 1 is 1.12 bits per heavy atom. The predicted molar refractivity (Wildman–Crippen MR) is 155 cm³/mol. The van der Waals surface area contributed by atoms with Crippen molar-refractivity contribution in [1.29, 1.82) is 0 Å². The molecule has 1 unspecified atom stereocenters. The summed E-state index contributed by atoms with van der Waals surface area (Å²) in [7, 11) is 1.57. The van der Waals surface area contributed by atoms with Crippen molar-refractivity contribution in [2.45, 2.75) is 58.8 Å². The second-order valence-electron chi connectivity index (χ2n) is 11.4. The van der Waals surface area contributed by atoms with Crippen molar-refractivity contribution in [3.8, 4) is 22.6 Å². The van der Waals surface area contributed by atoms with E-state index in [1.54, 1.807) is 58.2 Å². The molecule has 0 saturated heterocycles. The lowest BCUT2D eigenvalue weighted by molar-refractivity contribution is -0.161. The number of fused-ring (bicyclic) bond motifs is 2. The number of halogens is 1. The lowest BCUT2D eigenvalue weighted by atomic mass is 9.88. The van der Waals surface area contributed by atoms with E-state index in [4.69, 9.17) is 14.2 Å². The van der Waals surface area contributed by atoms with E-state index in [9.17, 15) is 19.1 Å². The Bertz CT molecular complexity index is 1700. The summed E-state index contributed by atoms with van der Waals surface area (Å²) in [6.45, 7) is 8.13. The predicted octanol–water partition coefficient (Wildman–Crippen LogP) is 6.50. The maximum atomic E-state index is 13.8. The maximum Gasteiger partial charge on any atom is 0.339 e. The van der Waals surface area contributed by atoms with E-state index in [1.165, 1.54) is 16.7 Å². The van der Waals surface area contributed by atoms with Crippen LogP contribution in [0.4, 0.5) is 4.39 Å². The number of carboxylic acids is 1. The zero-order valence-corrected chi connectivity index (χ0v) is 23.9. The number of rotatable bonds is 7. The Hall–Kier alpha value is -4.17. The summed E-state index contributed by atoms with van der Waals surface area (Å²) in [5.41, 5.74) is 3.21. The van der Waals surface area contributed by atoms with Gasteiger partial charge in [-0.3, -0.25) is 4.79 Å². The van der Waals surface area contributed by atoms with Crippen LogP contribution in [0.3, 0.4) is 0 Å². The van der Waals surface area contributed by atoms with Gasteiger partial charge in [0.05, 0.1) is 23.3 Å². The number of nitrogens with zero attached hydrogens (tertiary/aromatic N) is 1. The van der Waals surface area contributed by atoms with Gasteiger partial charge in [0, 0.05) is 12.6 Å². The zero-order valence-electron chi connectivity index (χ0n) is 23.9. The zero-order chi connectivity index (χ0) is 29.5. The van der Waals surface area contributed by atoms with Crippen LogP contribution in [0.5, 0.6) is 11.5 Å². The monoisotopic (exact) mass is 559 g/mol. The SMILES string of the molecule is Cc1c(-c2c(C(OC(C)(C)C)C(=O)O)n(C)c(=O)c3cc(OCc4cccc(F)c4)ccc23)ccc2c1CCCO2. The van der Waals surface area contributed by atoms with E-state index >= 15 is 0 Å². The Balaban J connectivity index is 1.74. The summed E-state index contributed by atoms with van der Waals surface area (Å²) < 4.78 is 32.9. The van der Waals surface area contributed by atoms with Crippen molar-refractivity contribution in [3.05, 3.63) is 93.2 Å². The van der Waals surface area contributed by atoms with Crippen molar-refractivity contribution in [2.24, 2.45) is 7.05 Å². The number of carboxylic acid groups (broad SMARTS) is 1. The number of hydrogen-bond donors (Lipinski definition) is 1. The third kappa shape index (κ3) is 5.70. The molecule has 214 valence electrons. The van der Waals surface area contributed by atoms with Gasteiger partial charge in [0.2, 0.25) is 0 Å².